The molecule has 2 aromatic carbocycles. The van der Waals surface area contributed by atoms with Crippen molar-refractivity contribution in [1.29, 1.82) is 0 Å². The normalized spacial score (nSPS) is 11.6. The molecule has 7 nitrogen and oxygen atoms in total. The number of nitrogens with one attached hydrogen (secondary N) is 2. The van der Waals surface area contributed by atoms with Gasteiger partial charge in [0.05, 0.1) is 17.2 Å². The number of fused-ring (bicyclic) bond motifs is 4. The van der Waals surface area contributed by atoms with Crippen molar-refractivity contribution in [1.82, 2.24) is 9.71 Å². The molecule has 2 heterocycles. The Morgan fingerprint density at radius 3 is 2.53 bits per heavy atom. The summed E-state index contributed by atoms with van der Waals surface area (Å²) >= 11 is 0. The number of pyridine rings is 1. The Labute approximate surface area is 209 Å². The molecule has 0 fully saturated rings. The summed E-state index contributed by atoms with van der Waals surface area (Å²) in [5.74, 6) is -0.454. The number of rotatable bonds is 8. The molecule has 0 aliphatic rings. The molecule has 34 heavy (non-hydrogen) atoms. The van der Waals surface area contributed by atoms with E-state index in [-0.39, 0.29) is 23.4 Å². The summed E-state index contributed by atoms with van der Waals surface area (Å²) in [6.07, 6.45) is 8.67. The molecule has 0 saturated heterocycles. The Hall–Kier alpha value is -2.78. The van der Waals surface area contributed by atoms with Crippen LogP contribution in [0.3, 0.4) is 0 Å². The third-order valence-corrected chi connectivity index (χ3v) is 6.75. The van der Waals surface area contributed by atoms with Crippen LogP contribution in [0.1, 0.15) is 47.2 Å². The number of aromatic nitrogens is 2. The highest BCUT2D eigenvalue weighted by molar-refractivity contribution is 7.89. The fourth-order valence-corrected chi connectivity index (χ4v) is 5.06. The number of carbonyl (C=O) groups is 2. The third kappa shape index (κ3) is 5.31. The molecule has 0 unspecified atom stereocenters. The van der Waals surface area contributed by atoms with E-state index in [1.54, 1.807) is 0 Å². The first kappa shape index (κ1) is 25.8. The molecule has 0 aliphatic carbocycles. The van der Waals surface area contributed by atoms with E-state index in [1.807, 2.05) is 22.9 Å². The summed E-state index contributed by atoms with van der Waals surface area (Å²) in [4.78, 5) is 26.4. The zero-order valence-electron chi connectivity index (χ0n) is 19.4. The lowest BCUT2D eigenvalue weighted by molar-refractivity contribution is -0.696. The van der Waals surface area contributed by atoms with Crippen molar-refractivity contribution in [2.45, 2.75) is 46.1 Å². The van der Waals surface area contributed by atoms with E-state index in [2.05, 4.69) is 41.9 Å². The first-order valence-corrected chi connectivity index (χ1v) is 12.9. The first-order chi connectivity index (χ1) is 15.7. The number of hydrogen-bond acceptors (Lipinski definition) is 4. The second kappa shape index (κ2) is 10.2. The molecule has 0 spiro atoms. The lowest BCUT2D eigenvalue weighted by atomic mass is 9.96. The number of carbonyl (C=O) groups excluding carboxylic acids is 2. The number of halogens is 1. The molecule has 0 radical (unpaired) electrons. The average molecular weight is 546 g/mol. The number of amides is 1. The second-order valence-corrected chi connectivity index (χ2v) is 10.4. The zero-order valence-corrected chi connectivity index (χ0v) is 21.8. The minimum atomic E-state index is -3.49. The maximum atomic E-state index is 11.6. The average Bonchev–Trinajstić information content (AvgIpc) is 3.15. The van der Waals surface area contributed by atoms with E-state index < -0.39 is 15.9 Å². The van der Waals surface area contributed by atoms with E-state index in [9.17, 15) is 18.0 Å². The Bertz CT molecular complexity index is 1510. The third-order valence-electron chi connectivity index (χ3n) is 6.15. The SMILES string of the molecule is Cc1c2c[n+](CCCCCC(=O)NS(C)(=O)=O)ccc2c(C)c2c1[nH]c1ccc(C=O)cc12.[Br-]. The largest absolute Gasteiger partial charge is 1.00 e. The molecule has 4 aromatic rings. The van der Waals surface area contributed by atoms with Crippen molar-refractivity contribution in [3.63, 3.8) is 0 Å². The predicted molar refractivity (Wildman–Crippen MR) is 130 cm³/mol. The molecule has 9 heteroatoms. The van der Waals surface area contributed by atoms with Gasteiger partial charge in [-0.2, -0.15) is 0 Å². The van der Waals surface area contributed by atoms with Gasteiger partial charge in [0.15, 0.2) is 12.4 Å². The number of unbranched alkanes of at least 4 members (excludes halogenated alkanes) is 2. The van der Waals surface area contributed by atoms with Gasteiger partial charge in [-0.05, 0) is 61.4 Å². The fourth-order valence-electron chi connectivity index (χ4n) is 4.54. The molecule has 1 amide bonds. The van der Waals surface area contributed by atoms with E-state index >= 15 is 0 Å². The topological polar surface area (TPSA) is 100.0 Å². The number of aldehydes is 1. The summed E-state index contributed by atoms with van der Waals surface area (Å²) in [7, 11) is -3.49. The van der Waals surface area contributed by atoms with Gasteiger partial charge < -0.3 is 22.0 Å². The summed E-state index contributed by atoms with van der Waals surface area (Å²) in [6, 6.07) is 7.87. The number of benzene rings is 2. The molecular formula is C25H28BrN3O4S. The first-order valence-electron chi connectivity index (χ1n) is 11.0. The summed E-state index contributed by atoms with van der Waals surface area (Å²) in [6.45, 7) is 5.05. The van der Waals surface area contributed by atoms with Crippen LogP contribution in [0.25, 0.3) is 32.6 Å². The van der Waals surface area contributed by atoms with Crippen LogP contribution < -0.4 is 26.3 Å². The minimum absolute atomic E-state index is 0. The standard InChI is InChI=1S/C25H27N3O4S.BrH/c1-16-19-10-12-28(11-6-4-5-7-23(30)27-33(3,31)32)14-21(19)17(2)25-24(16)20-13-18(15-29)8-9-22(20)26-25;/h8-10,12-15H,4-7,11H2,1-3H3,(H,27,30);1H. The Balaban J connectivity index is 0.00000324. The van der Waals surface area contributed by atoms with E-state index in [1.165, 1.54) is 21.9 Å². The van der Waals surface area contributed by atoms with Crippen LogP contribution in [0.4, 0.5) is 0 Å². The van der Waals surface area contributed by atoms with Crippen LogP contribution in [-0.4, -0.2) is 31.9 Å². The van der Waals surface area contributed by atoms with Gasteiger partial charge >= 0.3 is 0 Å². The second-order valence-electron chi connectivity index (χ2n) is 8.67. The van der Waals surface area contributed by atoms with Gasteiger partial charge in [-0.15, -0.1) is 0 Å². The van der Waals surface area contributed by atoms with Crippen LogP contribution in [0.15, 0.2) is 36.7 Å². The Kier molecular flexibility index (Phi) is 7.77. The van der Waals surface area contributed by atoms with Gasteiger partial charge in [0.25, 0.3) is 0 Å². The van der Waals surface area contributed by atoms with E-state index in [0.717, 1.165) is 53.7 Å². The van der Waals surface area contributed by atoms with Crippen LogP contribution in [0.5, 0.6) is 0 Å². The smallest absolute Gasteiger partial charge is 0.233 e. The zero-order chi connectivity index (χ0) is 23.8. The molecule has 4 rings (SSSR count). The molecule has 0 aliphatic heterocycles. The van der Waals surface area contributed by atoms with Gasteiger partial charge in [-0.25, -0.2) is 13.0 Å². The van der Waals surface area contributed by atoms with Crippen molar-refractivity contribution in [3.8, 4) is 0 Å². The highest BCUT2D eigenvalue weighted by Crippen LogP contribution is 2.36. The highest BCUT2D eigenvalue weighted by Gasteiger charge is 2.17. The van der Waals surface area contributed by atoms with E-state index in [0.29, 0.717) is 12.0 Å². The van der Waals surface area contributed by atoms with Gasteiger partial charge in [-0.3, -0.25) is 14.3 Å². The minimum Gasteiger partial charge on any atom is -1.00 e. The monoisotopic (exact) mass is 545 g/mol. The highest BCUT2D eigenvalue weighted by atomic mass is 79.9. The predicted octanol–water partition coefficient (Wildman–Crippen LogP) is 0.831. The molecule has 2 N–H and O–H groups in total. The number of aromatic amines is 1. The molecular weight excluding hydrogens is 518 g/mol. The number of sulfonamides is 1. The van der Waals surface area contributed by atoms with Gasteiger partial charge in [-0.1, -0.05) is 0 Å². The lowest BCUT2D eigenvalue weighted by Gasteiger charge is -2.09. The van der Waals surface area contributed by atoms with Crippen LogP contribution in [0.2, 0.25) is 0 Å². The van der Waals surface area contributed by atoms with Gasteiger partial charge in [0.1, 0.15) is 12.8 Å². The van der Waals surface area contributed by atoms with Gasteiger partial charge in [0, 0.05) is 40.8 Å². The maximum Gasteiger partial charge on any atom is 0.233 e. The van der Waals surface area contributed by atoms with Crippen molar-refractivity contribution < 1.29 is 39.6 Å². The van der Waals surface area contributed by atoms with Crippen LogP contribution >= 0.6 is 0 Å². The number of nitrogens with zero attached hydrogens (tertiary/aromatic N) is 1. The van der Waals surface area contributed by atoms with Crippen molar-refractivity contribution >= 4 is 54.8 Å². The summed E-state index contributed by atoms with van der Waals surface area (Å²) in [5, 5.41) is 4.58. The van der Waals surface area contributed by atoms with Crippen LogP contribution in [-0.2, 0) is 21.4 Å². The number of aryl methyl sites for hydroxylation is 3. The Morgan fingerprint density at radius 1 is 1.06 bits per heavy atom. The molecule has 180 valence electrons. The molecule has 2 aromatic heterocycles. The van der Waals surface area contributed by atoms with Crippen molar-refractivity contribution in [2.24, 2.45) is 0 Å². The molecule has 0 bridgehead atoms. The number of hydrogen-bond donors (Lipinski definition) is 2. The molecule has 0 atom stereocenters. The Morgan fingerprint density at radius 2 is 1.82 bits per heavy atom. The summed E-state index contributed by atoms with van der Waals surface area (Å²) in [5.41, 5.74) is 5.13. The maximum absolute atomic E-state index is 11.6. The lowest BCUT2D eigenvalue weighted by Crippen LogP contribution is -3.00. The van der Waals surface area contributed by atoms with E-state index in [4.69, 9.17) is 0 Å². The molecule has 0 saturated carbocycles. The van der Waals surface area contributed by atoms with Gasteiger partial charge in [0.2, 0.25) is 15.9 Å². The van der Waals surface area contributed by atoms with Crippen LogP contribution in [0, 0.1) is 13.8 Å². The van der Waals surface area contributed by atoms with Crippen molar-refractivity contribution in [3.05, 3.63) is 53.3 Å². The quantitative estimate of drug-likeness (QED) is 0.194. The number of H-pyrrole nitrogens is 1. The fraction of sp³-hybridized carbons (Fsp3) is 0.320. The van der Waals surface area contributed by atoms with Crippen molar-refractivity contribution in [2.75, 3.05) is 6.26 Å². The summed E-state index contributed by atoms with van der Waals surface area (Å²) < 4.78 is 26.3.